The summed E-state index contributed by atoms with van der Waals surface area (Å²) in [4.78, 5) is 34.7. The third kappa shape index (κ3) is 24.0. The fraction of sp³-hybridized carbons (Fsp3) is 0.397. The molecule has 0 fully saturated rings. The molecule has 0 aromatic heterocycles. The van der Waals surface area contributed by atoms with E-state index in [1.54, 1.807) is 37.3 Å². The highest BCUT2D eigenvalue weighted by atomic mass is 16.6. The van der Waals surface area contributed by atoms with Gasteiger partial charge in [0, 0.05) is 44.7 Å². The van der Waals surface area contributed by atoms with Crippen molar-refractivity contribution in [2.75, 3.05) is 95.8 Å². The van der Waals surface area contributed by atoms with Crippen LogP contribution in [0.4, 0.5) is 22.7 Å². The minimum atomic E-state index is -1.01. The van der Waals surface area contributed by atoms with Crippen molar-refractivity contribution < 1.29 is 43.5 Å². The number of carbonyl (C=O) groups excluding carboxylic acids is 2. The minimum absolute atomic E-state index is 0.102. The van der Waals surface area contributed by atoms with Crippen LogP contribution >= 0.6 is 0 Å². The lowest BCUT2D eigenvalue weighted by molar-refractivity contribution is -0.165. The van der Waals surface area contributed by atoms with E-state index in [0.29, 0.717) is 49.7 Å². The molecule has 0 aliphatic heterocycles. The second-order valence-corrected chi connectivity index (χ2v) is 18.2. The van der Waals surface area contributed by atoms with E-state index in [1.807, 2.05) is 171 Å². The Hall–Kier alpha value is -7.44. The molecule has 0 saturated carbocycles. The van der Waals surface area contributed by atoms with Crippen molar-refractivity contribution in [3.05, 3.63) is 151 Å². The molecule has 14 nitrogen and oxygen atoms in total. The van der Waals surface area contributed by atoms with E-state index in [4.69, 9.17) is 39.2 Å². The van der Waals surface area contributed by atoms with E-state index in [9.17, 15) is 9.59 Å². The predicted octanol–water partition coefficient (Wildman–Crippen LogP) is 12.8. The summed E-state index contributed by atoms with van der Waals surface area (Å²) in [5.74, 6) is -0.116. The Kier molecular flexibility index (Phi) is 31.8. The van der Waals surface area contributed by atoms with Crippen molar-refractivity contribution in [1.82, 2.24) is 0 Å². The molecule has 2 atom stereocenters. The Balaban J connectivity index is 0.000000563. The average molecular weight is 1060 g/mol. The van der Waals surface area contributed by atoms with Gasteiger partial charge in [-0.05, 0) is 146 Å². The van der Waals surface area contributed by atoms with Gasteiger partial charge in [0.1, 0.15) is 31.5 Å². The largest absolute Gasteiger partial charge is 0.508 e. The number of hydrogen-bond acceptors (Lipinski definition) is 14. The highest BCUT2D eigenvalue weighted by Gasteiger charge is 2.43. The Morgan fingerprint density at radius 1 is 0.766 bits per heavy atom. The van der Waals surface area contributed by atoms with Crippen LogP contribution in [0.5, 0.6) is 11.5 Å². The standard InChI is InChI=1S/C39H49N3O6.C11H18N2O2.C11H12O.C2H6/c1-7-21-48-38(44)39(25-29(2)3,26-30(4)37(43)47-22-20-42(6)35-16-14-34(41-5)15-17-35)28-45-23-24-46-36-18-12-33(13-19-36)32-10-8-31(27-40)9-11-32;1-12-10-3-5-11(6-4-10)13(2)7-8-15-9-14;1-3-9(4-2)10-5-7-11(12)8-6-10;1-2/h8-19,29-30H,5,7,20-26,28H2,1-4,6H3;3-6,12,14H,7-9H2,1-2H3;3-8,12H,1H2,2H3;1-2H3/b;;9-4+;. The second-order valence-electron chi connectivity index (χ2n) is 18.2. The topological polar surface area (TPSA) is 175 Å². The van der Waals surface area contributed by atoms with E-state index < -0.39 is 11.3 Å². The Morgan fingerprint density at radius 2 is 1.34 bits per heavy atom. The number of allylic oxidation sites excluding steroid dienone is 3. The van der Waals surface area contributed by atoms with Crippen LogP contribution in [-0.4, -0.2) is 110 Å². The normalized spacial score (nSPS) is 11.8. The van der Waals surface area contributed by atoms with Gasteiger partial charge in [-0.2, -0.15) is 5.26 Å². The summed E-state index contributed by atoms with van der Waals surface area (Å²) >= 11 is 0. The first-order valence-corrected chi connectivity index (χ1v) is 26.3. The monoisotopic (exact) mass is 1060 g/mol. The maximum absolute atomic E-state index is 13.6. The van der Waals surface area contributed by atoms with Crippen LogP contribution in [-0.2, 0) is 28.5 Å². The van der Waals surface area contributed by atoms with Gasteiger partial charge in [-0.25, -0.2) is 0 Å². The second kappa shape index (κ2) is 37.3. The van der Waals surface area contributed by atoms with E-state index in [2.05, 4.69) is 34.6 Å². The highest BCUT2D eigenvalue weighted by Crippen LogP contribution is 2.37. The highest BCUT2D eigenvalue weighted by molar-refractivity contribution is 5.79. The van der Waals surface area contributed by atoms with Crippen LogP contribution in [0.1, 0.15) is 78.9 Å². The molecule has 2 unspecified atom stereocenters. The van der Waals surface area contributed by atoms with E-state index in [-0.39, 0.29) is 57.5 Å². The smallest absolute Gasteiger partial charge is 0.314 e. The van der Waals surface area contributed by atoms with Crippen LogP contribution in [0.15, 0.2) is 145 Å². The fourth-order valence-electron chi connectivity index (χ4n) is 7.89. The van der Waals surface area contributed by atoms with Crippen LogP contribution in [0, 0.1) is 28.6 Å². The Labute approximate surface area is 459 Å². The molecule has 0 bridgehead atoms. The summed E-state index contributed by atoms with van der Waals surface area (Å²) in [6, 6.07) is 40.1. The summed E-state index contributed by atoms with van der Waals surface area (Å²) < 4.78 is 28.2. The molecule has 0 radical (unpaired) electrons. The molecule has 416 valence electrons. The predicted molar refractivity (Wildman–Crippen MR) is 315 cm³/mol. The molecule has 14 heteroatoms. The number of aromatic hydroxyl groups is 1. The van der Waals surface area contributed by atoms with E-state index in [1.165, 1.54) is 0 Å². The number of esters is 2. The van der Waals surface area contributed by atoms with E-state index >= 15 is 0 Å². The lowest BCUT2D eigenvalue weighted by atomic mass is 9.74. The summed E-state index contributed by atoms with van der Waals surface area (Å²) in [6.45, 7) is 23.8. The third-order valence-corrected chi connectivity index (χ3v) is 12.0. The molecule has 0 heterocycles. The number of likely N-dealkylation sites (N-methyl/N-ethyl adjacent to an activating group) is 2. The average Bonchev–Trinajstić information content (AvgIpc) is 3.46. The van der Waals surface area contributed by atoms with Crippen molar-refractivity contribution in [2.24, 2.45) is 22.2 Å². The molecular formula is C63H85N5O9. The number of aliphatic hydroxyl groups is 1. The Morgan fingerprint density at radius 3 is 1.84 bits per heavy atom. The summed E-state index contributed by atoms with van der Waals surface area (Å²) in [7, 11) is 5.82. The molecule has 5 rings (SSSR count). The molecule has 0 aliphatic carbocycles. The number of aliphatic hydroxyl groups excluding tert-OH is 1. The maximum Gasteiger partial charge on any atom is 0.314 e. The number of nitrogens with zero attached hydrogens (tertiary/aromatic N) is 4. The number of phenolic OH excluding ortho intramolecular Hbond substituents is 1. The quantitative estimate of drug-likeness (QED) is 0.0142. The summed E-state index contributed by atoms with van der Waals surface area (Å²) in [5.41, 5.74) is 7.78. The van der Waals surface area contributed by atoms with Crippen LogP contribution in [0.3, 0.4) is 0 Å². The fourth-order valence-corrected chi connectivity index (χ4v) is 7.89. The number of rotatable bonds is 28. The summed E-state index contributed by atoms with van der Waals surface area (Å²) in [5, 5.41) is 29.6. The molecule has 0 aliphatic rings. The molecule has 77 heavy (non-hydrogen) atoms. The van der Waals surface area contributed by atoms with Gasteiger partial charge < -0.3 is 49.0 Å². The molecule has 5 aromatic carbocycles. The van der Waals surface area contributed by atoms with Crippen molar-refractivity contribution in [2.45, 2.75) is 67.7 Å². The zero-order valence-corrected chi connectivity index (χ0v) is 47.3. The van der Waals surface area contributed by atoms with Crippen molar-refractivity contribution in [1.29, 1.82) is 5.26 Å². The Bertz CT molecular complexity index is 2510. The van der Waals surface area contributed by atoms with Crippen LogP contribution < -0.4 is 19.9 Å². The molecule has 0 spiro atoms. The van der Waals surface area contributed by atoms with Gasteiger partial charge >= 0.3 is 11.9 Å². The first-order chi connectivity index (χ1) is 37.1. The zero-order chi connectivity index (χ0) is 57.0. The van der Waals surface area contributed by atoms with Crippen molar-refractivity contribution >= 4 is 47.0 Å². The zero-order valence-electron chi connectivity index (χ0n) is 47.3. The van der Waals surface area contributed by atoms with Gasteiger partial charge in [0.05, 0.1) is 61.6 Å². The number of hydrogen-bond donors (Lipinski definition) is 3. The minimum Gasteiger partial charge on any atom is -0.508 e. The maximum atomic E-state index is 13.6. The first-order valence-electron chi connectivity index (χ1n) is 26.3. The van der Waals surface area contributed by atoms with Gasteiger partial charge in [-0.3, -0.25) is 14.6 Å². The number of aliphatic imine (C=N–C) groups is 1. The molecule has 5 aromatic rings. The van der Waals surface area contributed by atoms with Crippen LogP contribution in [0.25, 0.3) is 16.7 Å². The molecule has 0 amide bonds. The number of ether oxygens (including phenoxy) is 5. The molecule has 3 N–H and O–H groups in total. The van der Waals surface area contributed by atoms with Crippen LogP contribution in [0.2, 0.25) is 0 Å². The number of anilines is 3. The van der Waals surface area contributed by atoms with Crippen molar-refractivity contribution in [3.8, 4) is 28.7 Å². The lowest BCUT2D eigenvalue weighted by Crippen LogP contribution is -2.42. The van der Waals surface area contributed by atoms with Gasteiger partial charge in [-0.15, -0.1) is 0 Å². The summed E-state index contributed by atoms with van der Waals surface area (Å²) in [6.07, 6.45) is 5.23. The first kappa shape index (κ1) is 65.7. The van der Waals surface area contributed by atoms with Gasteiger partial charge in [0.15, 0.2) is 0 Å². The number of nitrogens with one attached hydrogen (secondary N) is 1. The number of carbonyl (C=O) groups is 2. The van der Waals surface area contributed by atoms with Gasteiger partial charge in [0.2, 0.25) is 0 Å². The lowest BCUT2D eigenvalue weighted by Gasteiger charge is -2.34. The molecule has 0 saturated heterocycles. The third-order valence-electron chi connectivity index (χ3n) is 12.0. The number of phenols is 1. The van der Waals surface area contributed by atoms with Gasteiger partial charge in [0.25, 0.3) is 0 Å². The number of benzene rings is 5. The number of nitriles is 1. The van der Waals surface area contributed by atoms with Crippen molar-refractivity contribution in [3.63, 3.8) is 0 Å². The van der Waals surface area contributed by atoms with Gasteiger partial charge in [-0.1, -0.05) is 96.7 Å². The van der Waals surface area contributed by atoms with E-state index in [0.717, 1.165) is 51.6 Å². The SMILES string of the molecule is C=C/C(=C\C)c1ccc(O)cc1.C=Nc1ccc(N(C)CCOC(=O)C(C)CC(COCCOc2ccc(-c3ccc(C#N)cc3)cc2)(CC(C)C)C(=O)OCCC)cc1.CC.CNc1ccc(N(C)CCOCO)cc1. The molecular weight excluding hydrogens is 971 g/mol.